The van der Waals surface area contributed by atoms with Crippen molar-refractivity contribution in [3.8, 4) is 0 Å². The highest BCUT2D eigenvalue weighted by Gasteiger charge is 2.35. The van der Waals surface area contributed by atoms with Crippen molar-refractivity contribution in [3.05, 3.63) is 137 Å². The molecule has 0 radical (unpaired) electrons. The monoisotopic (exact) mass is 1120 g/mol. The number of carbonyl (C=O) groups is 11. The summed E-state index contributed by atoms with van der Waals surface area (Å²) in [6.07, 6.45) is 4.05. The number of nitrogens with two attached hydrogens (primary N) is 1. The molecule has 3 aliphatic heterocycles. The fraction of sp³-hybridized carbons (Fsp3) is 0.350. The maximum Gasteiger partial charge on any atom is 0.410 e. The quantitative estimate of drug-likeness (QED) is 0.0284. The van der Waals surface area contributed by atoms with Gasteiger partial charge in [0, 0.05) is 103 Å². The van der Waals surface area contributed by atoms with Crippen molar-refractivity contribution in [2.24, 2.45) is 11.7 Å². The first-order chi connectivity index (χ1) is 39.5. The molecule has 2 atom stereocenters. The zero-order valence-electron chi connectivity index (χ0n) is 45.7. The standard InChI is InChI=1S/C60H66N10O12/c1-37(2)52(66-47(71)21-4-3-5-32-68-48(72)26-27-49(68)73)54(75)65-46(20-10-29-63-59(61)80)53(74)64-41-24-22-38(23-25-41)36-82-60(81)67(34-35-70-57(78)44-18-8-14-40-15-9-19-45(51(40)44)58(70)79)31-11-28-62-30-33-69-55(76)42-16-6-12-39-13-7-17-43(50(39)42)56(69)77/h6-9,12-19,22-27,37,46,52,62H,3-5,10-11,20-21,28-36H2,1-2H3,(H,64,74)(H,65,75)(H,66,71)(H3,61,63,80)/t46-,52-/m0/s1. The van der Waals surface area contributed by atoms with Gasteiger partial charge in [-0.2, -0.15) is 0 Å². The van der Waals surface area contributed by atoms with Crippen LogP contribution < -0.4 is 32.3 Å². The number of carbonyl (C=O) groups excluding carboxylic acids is 11. The van der Waals surface area contributed by atoms with Gasteiger partial charge in [0.05, 0.1) is 0 Å². The lowest BCUT2D eigenvalue weighted by Gasteiger charge is -2.30. The van der Waals surface area contributed by atoms with Crippen molar-refractivity contribution in [3.63, 3.8) is 0 Å². The first kappa shape index (κ1) is 58.8. The van der Waals surface area contributed by atoms with E-state index in [0.717, 1.165) is 20.6 Å². The predicted octanol–water partition coefficient (Wildman–Crippen LogP) is 5.00. The normalized spacial score (nSPS) is 14.4. The molecule has 0 bridgehead atoms. The Kier molecular flexibility index (Phi) is 19.5. The van der Waals surface area contributed by atoms with Crippen LogP contribution in [0.4, 0.5) is 15.3 Å². The molecule has 0 fully saturated rings. The summed E-state index contributed by atoms with van der Waals surface area (Å²) in [5.74, 6) is -4.41. The molecule has 0 aromatic heterocycles. The second-order valence-electron chi connectivity index (χ2n) is 20.5. The molecule has 0 spiro atoms. The van der Waals surface area contributed by atoms with Crippen LogP contribution in [-0.2, 0) is 35.3 Å². The fourth-order valence-corrected chi connectivity index (χ4v) is 10.2. The number of rotatable bonds is 28. The van der Waals surface area contributed by atoms with Gasteiger partial charge in [0.2, 0.25) is 17.7 Å². The number of nitrogens with zero attached hydrogens (tertiary/aromatic N) is 4. The summed E-state index contributed by atoms with van der Waals surface area (Å²) in [5, 5.41) is 16.8. The smallest absolute Gasteiger partial charge is 0.410 e. The minimum Gasteiger partial charge on any atom is -0.445 e. The molecule has 5 aromatic rings. The third kappa shape index (κ3) is 14.2. The molecule has 0 saturated heterocycles. The van der Waals surface area contributed by atoms with E-state index < -0.39 is 47.8 Å². The molecule has 5 aromatic carbocycles. The van der Waals surface area contributed by atoms with Gasteiger partial charge in [0.25, 0.3) is 35.4 Å². The van der Waals surface area contributed by atoms with Gasteiger partial charge in [-0.1, -0.05) is 80.9 Å². The van der Waals surface area contributed by atoms with Gasteiger partial charge in [-0.25, -0.2) is 9.59 Å². The lowest BCUT2D eigenvalue weighted by atomic mass is 9.94. The molecule has 0 unspecified atom stereocenters. The minimum atomic E-state index is -1.11. The lowest BCUT2D eigenvalue weighted by Crippen LogP contribution is -2.54. The maximum atomic E-state index is 13.9. The third-order valence-electron chi connectivity index (χ3n) is 14.5. The van der Waals surface area contributed by atoms with E-state index in [1.165, 1.54) is 22.0 Å². The van der Waals surface area contributed by atoms with Crippen LogP contribution in [0.2, 0.25) is 0 Å². The fourth-order valence-electron chi connectivity index (χ4n) is 10.2. The number of ether oxygens (including phenoxy) is 1. The van der Waals surface area contributed by atoms with Gasteiger partial charge in [0.15, 0.2) is 0 Å². The Labute approximate surface area is 473 Å². The van der Waals surface area contributed by atoms with Crippen LogP contribution in [0.5, 0.6) is 0 Å². The number of benzene rings is 5. The van der Waals surface area contributed by atoms with Crippen LogP contribution >= 0.6 is 0 Å². The Hall–Kier alpha value is -9.31. The first-order valence-electron chi connectivity index (χ1n) is 27.5. The largest absolute Gasteiger partial charge is 0.445 e. The van der Waals surface area contributed by atoms with E-state index in [1.54, 1.807) is 86.6 Å². The Morgan fingerprint density at radius 2 is 1.13 bits per heavy atom. The summed E-state index contributed by atoms with van der Waals surface area (Å²) in [6.45, 7) is 4.37. The number of hydrogen-bond donors (Lipinski definition) is 6. The van der Waals surface area contributed by atoms with Gasteiger partial charge >= 0.3 is 12.1 Å². The molecule has 0 saturated carbocycles. The molecule has 3 aliphatic rings. The average Bonchev–Trinajstić information content (AvgIpc) is 2.44. The highest BCUT2D eigenvalue weighted by Crippen LogP contribution is 2.31. The highest BCUT2D eigenvalue weighted by atomic mass is 16.6. The van der Waals surface area contributed by atoms with Crippen molar-refractivity contribution < 1.29 is 57.5 Å². The van der Waals surface area contributed by atoms with E-state index in [0.29, 0.717) is 76.5 Å². The summed E-state index contributed by atoms with van der Waals surface area (Å²) in [4.78, 5) is 149. The molecule has 12 amide bonds. The number of anilines is 1. The Morgan fingerprint density at radius 3 is 1.68 bits per heavy atom. The minimum absolute atomic E-state index is 0.0607. The summed E-state index contributed by atoms with van der Waals surface area (Å²) in [7, 11) is 0. The summed E-state index contributed by atoms with van der Waals surface area (Å²) in [6, 6.07) is 24.8. The van der Waals surface area contributed by atoms with E-state index in [9.17, 15) is 52.7 Å². The van der Waals surface area contributed by atoms with Gasteiger partial charge in [-0.3, -0.25) is 57.9 Å². The number of primary amides is 1. The van der Waals surface area contributed by atoms with Crippen LogP contribution in [0.3, 0.4) is 0 Å². The van der Waals surface area contributed by atoms with Crippen molar-refractivity contribution in [2.45, 2.75) is 77.5 Å². The lowest BCUT2D eigenvalue weighted by molar-refractivity contribution is -0.137. The van der Waals surface area contributed by atoms with Gasteiger partial charge in [0.1, 0.15) is 18.7 Å². The zero-order valence-corrected chi connectivity index (χ0v) is 45.7. The van der Waals surface area contributed by atoms with E-state index in [2.05, 4.69) is 26.6 Å². The summed E-state index contributed by atoms with van der Waals surface area (Å²) < 4.78 is 5.79. The topological polar surface area (TPSA) is 296 Å². The molecule has 22 nitrogen and oxygen atoms in total. The molecule has 7 N–H and O–H groups in total. The first-order valence-corrected chi connectivity index (χ1v) is 27.5. The Balaban J connectivity index is 0.854. The van der Waals surface area contributed by atoms with Crippen LogP contribution in [0.25, 0.3) is 21.5 Å². The van der Waals surface area contributed by atoms with Crippen molar-refractivity contribution in [1.82, 2.24) is 40.9 Å². The number of imide groups is 3. The number of urea groups is 1. The molecular formula is C60H66N10O12. The molecule has 0 aliphatic carbocycles. The maximum absolute atomic E-state index is 13.9. The Bertz CT molecular complexity index is 3220. The summed E-state index contributed by atoms with van der Waals surface area (Å²) >= 11 is 0. The molecule has 22 heteroatoms. The number of hydrogen-bond acceptors (Lipinski definition) is 13. The van der Waals surface area contributed by atoms with Crippen molar-refractivity contribution in [2.75, 3.05) is 57.7 Å². The van der Waals surface area contributed by atoms with E-state index >= 15 is 0 Å². The number of unbranched alkanes of at least 4 members (excludes halogenated alkanes) is 2. The highest BCUT2D eigenvalue weighted by molar-refractivity contribution is 6.26. The van der Waals surface area contributed by atoms with Crippen LogP contribution in [0.1, 0.15) is 106 Å². The van der Waals surface area contributed by atoms with Crippen molar-refractivity contribution in [1.29, 1.82) is 0 Å². The Morgan fingerprint density at radius 1 is 0.573 bits per heavy atom. The third-order valence-corrected chi connectivity index (χ3v) is 14.5. The van der Waals surface area contributed by atoms with Crippen LogP contribution in [-0.4, -0.2) is 149 Å². The predicted molar refractivity (Wildman–Crippen MR) is 303 cm³/mol. The molecular weight excluding hydrogens is 1050 g/mol. The average molecular weight is 1120 g/mol. The molecule has 3 heterocycles. The SMILES string of the molecule is CC(C)[C@H](NC(=O)CCCCCN1C(=O)C=CC1=O)C(=O)N[C@@H](CCCNC(N)=O)C(=O)Nc1ccc(COC(=O)N(CCCNCCN2C(=O)c3cccc4cccc(c34)C2=O)CCN2C(=O)c3cccc4cccc(c34)C2=O)cc1. The molecule has 82 heavy (non-hydrogen) atoms. The summed E-state index contributed by atoms with van der Waals surface area (Å²) in [5.41, 5.74) is 7.80. The van der Waals surface area contributed by atoms with Gasteiger partial charge in [-0.15, -0.1) is 0 Å². The molecule has 428 valence electrons. The second kappa shape index (κ2) is 27.2. The molecule has 8 rings (SSSR count). The van der Waals surface area contributed by atoms with Gasteiger partial charge < -0.3 is 42.0 Å². The zero-order chi connectivity index (χ0) is 58.5. The van der Waals surface area contributed by atoms with E-state index in [1.807, 2.05) is 24.3 Å². The van der Waals surface area contributed by atoms with Crippen LogP contribution in [0.15, 0.2) is 109 Å². The number of amides is 12. The van der Waals surface area contributed by atoms with Gasteiger partial charge in [-0.05, 0) is 97.3 Å². The van der Waals surface area contributed by atoms with Crippen LogP contribution in [0, 0.1) is 5.92 Å². The van der Waals surface area contributed by atoms with Crippen molar-refractivity contribution >= 4 is 92.5 Å². The van der Waals surface area contributed by atoms with E-state index in [4.69, 9.17) is 10.5 Å². The number of nitrogens with one attached hydrogen (secondary N) is 5. The second-order valence-corrected chi connectivity index (χ2v) is 20.5. The van der Waals surface area contributed by atoms with E-state index in [-0.39, 0.29) is 107 Å².